The van der Waals surface area contributed by atoms with Gasteiger partial charge in [-0.3, -0.25) is 4.79 Å². The number of hydrogen-bond acceptors (Lipinski definition) is 3. The third kappa shape index (κ3) is 4.44. The molecule has 7 nitrogen and oxygen atoms in total. The number of rotatable bonds is 4. The summed E-state index contributed by atoms with van der Waals surface area (Å²) in [5, 5.41) is 3.14. The zero-order valence-electron chi connectivity index (χ0n) is 17.0. The number of piperidine rings is 1. The molecule has 2 aromatic rings. The molecule has 2 fully saturated rings. The molecule has 0 aliphatic carbocycles. The van der Waals surface area contributed by atoms with Crippen molar-refractivity contribution in [3.05, 3.63) is 48.5 Å². The molecule has 0 radical (unpaired) electrons. The van der Waals surface area contributed by atoms with Crippen molar-refractivity contribution >= 4 is 11.9 Å². The number of amides is 3. The van der Waals surface area contributed by atoms with Gasteiger partial charge in [-0.1, -0.05) is 12.1 Å². The highest BCUT2D eigenvalue weighted by Gasteiger charge is 2.31. The van der Waals surface area contributed by atoms with Crippen LogP contribution in [-0.4, -0.2) is 57.5 Å². The normalized spacial score (nSPS) is 20.5. The van der Waals surface area contributed by atoms with E-state index in [0.29, 0.717) is 6.54 Å². The second-order valence-electron chi connectivity index (χ2n) is 8.05. The van der Waals surface area contributed by atoms with Crippen LogP contribution < -0.4 is 5.32 Å². The molecule has 1 aromatic heterocycles. The van der Waals surface area contributed by atoms with E-state index in [4.69, 9.17) is 0 Å². The van der Waals surface area contributed by atoms with Crippen LogP contribution in [0.15, 0.2) is 43.0 Å². The molecule has 3 heterocycles. The molecule has 2 atom stereocenters. The van der Waals surface area contributed by atoms with E-state index in [1.807, 2.05) is 51.8 Å². The molecule has 29 heavy (non-hydrogen) atoms. The van der Waals surface area contributed by atoms with E-state index in [-0.39, 0.29) is 23.9 Å². The third-order valence-corrected chi connectivity index (χ3v) is 5.99. The van der Waals surface area contributed by atoms with Gasteiger partial charge in [0.25, 0.3) is 0 Å². The molecule has 3 amide bonds. The first-order valence-corrected chi connectivity index (χ1v) is 10.5. The summed E-state index contributed by atoms with van der Waals surface area (Å²) in [6.07, 6.45) is 9.30. The molecule has 154 valence electrons. The fourth-order valence-corrected chi connectivity index (χ4v) is 4.23. The second kappa shape index (κ2) is 8.68. The van der Waals surface area contributed by atoms with Gasteiger partial charge in [-0.2, -0.15) is 0 Å². The average Bonchev–Trinajstić information content (AvgIpc) is 3.47. The number of carbonyl (C=O) groups excluding carboxylic acids is 2. The number of nitrogens with zero attached hydrogens (tertiary/aromatic N) is 4. The summed E-state index contributed by atoms with van der Waals surface area (Å²) in [6.45, 7) is 4.97. The van der Waals surface area contributed by atoms with E-state index >= 15 is 0 Å². The van der Waals surface area contributed by atoms with E-state index in [0.717, 1.165) is 56.6 Å². The van der Waals surface area contributed by atoms with Gasteiger partial charge in [-0.15, -0.1) is 0 Å². The van der Waals surface area contributed by atoms with Crippen molar-refractivity contribution < 1.29 is 9.59 Å². The summed E-state index contributed by atoms with van der Waals surface area (Å²) < 4.78 is 1.95. The summed E-state index contributed by atoms with van der Waals surface area (Å²) in [5.41, 5.74) is 2.09. The Morgan fingerprint density at radius 2 is 1.79 bits per heavy atom. The van der Waals surface area contributed by atoms with Crippen molar-refractivity contribution in [2.75, 3.05) is 26.2 Å². The molecule has 0 saturated carbocycles. The zero-order valence-corrected chi connectivity index (χ0v) is 17.0. The lowest BCUT2D eigenvalue weighted by Crippen LogP contribution is -2.49. The summed E-state index contributed by atoms with van der Waals surface area (Å²) in [5.74, 6) is -0.0990. The van der Waals surface area contributed by atoms with Crippen molar-refractivity contribution in [1.82, 2.24) is 24.7 Å². The van der Waals surface area contributed by atoms with E-state index < -0.39 is 0 Å². The molecular formula is C22H29N5O2. The van der Waals surface area contributed by atoms with Crippen LogP contribution in [0.1, 0.15) is 44.2 Å². The van der Waals surface area contributed by atoms with Gasteiger partial charge in [0.1, 0.15) is 0 Å². The van der Waals surface area contributed by atoms with Crippen molar-refractivity contribution in [3.8, 4) is 5.69 Å². The highest BCUT2D eigenvalue weighted by Crippen LogP contribution is 2.22. The minimum atomic E-state index is -0.136. The van der Waals surface area contributed by atoms with Crippen molar-refractivity contribution in [1.29, 1.82) is 0 Å². The summed E-state index contributed by atoms with van der Waals surface area (Å²) in [6, 6.07) is 8.13. The van der Waals surface area contributed by atoms with E-state index in [1.165, 1.54) is 0 Å². The van der Waals surface area contributed by atoms with Crippen molar-refractivity contribution in [2.45, 2.75) is 38.6 Å². The molecule has 7 heteroatoms. The summed E-state index contributed by atoms with van der Waals surface area (Å²) >= 11 is 0. The highest BCUT2D eigenvalue weighted by atomic mass is 16.2. The molecule has 2 aliphatic rings. The van der Waals surface area contributed by atoms with Crippen molar-refractivity contribution in [2.24, 2.45) is 5.92 Å². The monoisotopic (exact) mass is 395 g/mol. The first kappa shape index (κ1) is 19.5. The Balaban J connectivity index is 1.33. The molecular weight excluding hydrogens is 366 g/mol. The molecule has 0 bridgehead atoms. The predicted octanol–water partition coefficient (Wildman–Crippen LogP) is 2.98. The number of aromatic nitrogens is 2. The standard InChI is InChI=1S/C22H29N5O2/c1-17(18-6-8-20(9-7-18)27-14-10-23-16-27)24-21(28)19-5-4-13-26(15-19)22(29)25-11-2-3-12-25/h6-10,14,16-17,19H,2-5,11-13,15H2,1H3,(H,24,28). The summed E-state index contributed by atoms with van der Waals surface area (Å²) in [7, 11) is 0. The minimum Gasteiger partial charge on any atom is -0.349 e. The van der Waals surface area contributed by atoms with Crippen LogP contribution in [0.4, 0.5) is 4.79 Å². The fourth-order valence-electron chi connectivity index (χ4n) is 4.23. The van der Waals surface area contributed by atoms with E-state index in [9.17, 15) is 9.59 Å². The van der Waals surface area contributed by atoms with Gasteiger partial charge < -0.3 is 19.7 Å². The van der Waals surface area contributed by atoms with Gasteiger partial charge in [-0.25, -0.2) is 9.78 Å². The van der Waals surface area contributed by atoms with Crippen LogP contribution in [0.25, 0.3) is 5.69 Å². The minimum absolute atomic E-state index is 0.0371. The number of hydrogen-bond donors (Lipinski definition) is 1. The van der Waals surface area contributed by atoms with Crippen LogP contribution in [-0.2, 0) is 4.79 Å². The third-order valence-electron chi connectivity index (χ3n) is 5.99. The van der Waals surface area contributed by atoms with Crippen LogP contribution >= 0.6 is 0 Å². The number of nitrogens with one attached hydrogen (secondary N) is 1. The Morgan fingerprint density at radius 3 is 2.48 bits per heavy atom. The van der Waals surface area contributed by atoms with Crippen LogP contribution in [0.2, 0.25) is 0 Å². The SMILES string of the molecule is CC(NC(=O)C1CCCN(C(=O)N2CCCC2)C1)c1ccc(-n2ccnc2)cc1. The maximum atomic E-state index is 12.8. The second-order valence-corrected chi connectivity index (χ2v) is 8.05. The topological polar surface area (TPSA) is 70.5 Å². The lowest BCUT2D eigenvalue weighted by molar-refractivity contribution is -0.127. The Labute approximate surface area is 171 Å². The van der Waals surface area contributed by atoms with Gasteiger partial charge in [0.05, 0.1) is 18.3 Å². The molecule has 2 aliphatic heterocycles. The maximum absolute atomic E-state index is 12.8. The first-order valence-electron chi connectivity index (χ1n) is 10.5. The number of likely N-dealkylation sites (tertiary alicyclic amines) is 2. The number of urea groups is 1. The number of carbonyl (C=O) groups is 2. The Morgan fingerprint density at radius 1 is 1.07 bits per heavy atom. The first-order chi connectivity index (χ1) is 14.1. The van der Waals surface area contributed by atoms with Crippen LogP contribution in [0, 0.1) is 5.92 Å². The molecule has 2 saturated heterocycles. The molecule has 4 rings (SSSR count). The lowest BCUT2D eigenvalue weighted by Gasteiger charge is -2.35. The maximum Gasteiger partial charge on any atom is 0.320 e. The van der Waals surface area contributed by atoms with Gasteiger partial charge in [0.15, 0.2) is 0 Å². The Kier molecular flexibility index (Phi) is 5.83. The van der Waals surface area contributed by atoms with E-state index in [2.05, 4.69) is 10.3 Å². The van der Waals surface area contributed by atoms with Crippen LogP contribution in [0.5, 0.6) is 0 Å². The average molecular weight is 396 g/mol. The molecule has 0 spiro atoms. The van der Waals surface area contributed by atoms with Crippen LogP contribution in [0.3, 0.4) is 0 Å². The molecule has 2 unspecified atom stereocenters. The van der Waals surface area contributed by atoms with Gasteiger partial charge in [-0.05, 0) is 50.3 Å². The Bertz CT molecular complexity index is 827. The predicted molar refractivity (Wildman–Crippen MR) is 111 cm³/mol. The fraction of sp³-hybridized carbons (Fsp3) is 0.500. The highest BCUT2D eigenvalue weighted by molar-refractivity contribution is 5.81. The molecule has 1 aromatic carbocycles. The lowest BCUT2D eigenvalue weighted by atomic mass is 9.96. The van der Waals surface area contributed by atoms with Gasteiger partial charge >= 0.3 is 6.03 Å². The Hall–Kier alpha value is -2.83. The van der Waals surface area contributed by atoms with Crippen molar-refractivity contribution in [3.63, 3.8) is 0 Å². The smallest absolute Gasteiger partial charge is 0.320 e. The number of benzene rings is 1. The number of imidazole rings is 1. The van der Waals surface area contributed by atoms with Gasteiger partial charge in [0, 0.05) is 44.3 Å². The van der Waals surface area contributed by atoms with Gasteiger partial charge in [0.2, 0.25) is 5.91 Å². The van der Waals surface area contributed by atoms with E-state index in [1.54, 1.807) is 12.5 Å². The largest absolute Gasteiger partial charge is 0.349 e. The quantitative estimate of drug-likeness (QED) is 0.865. The molecule has 1 N–H and O–H groups in total. The zero-order chi connectivity index (χ0) is 20.2. The summed E-state index contributed by atoms with van der Waals surface area (Å²) in [4.78, 5) is 33.4.